The van der Waals surface area contributed by atoms with E-state index in [0.29, 0.717) is 11.5 Å². The third kappa shape index (κ3) is 2.60. The van der Waals surface area contributed by atoms with Crippen LogP contribution in [-0.4, -0.2) is 40.7 Å². The van der Waals surface area contributed by atoms with Crippen molar-refractivity contribution >= 4 is 17.6 Å². The zero-order valence-electron chi connectivity index (χ0n) is 15.8. The van der Waals surface area contributed by atoms with E-state index in [4.69, 9.17) is 4.98 Å². The summed E-state index contributed by atoms with van der Waals surface area (Å²) in [4.78, 5) is 34.1. The molecule has 7 heteroatoms. The highest BCUT2D eigenvalue weighted by Gasteiger charge is 2.44. The fourth-order valence-electron chi connectivity index (χ4n) is 5.12. The number of nitrogens with zero attached hydrogens (tertiary/aromatic N) is 2. The Kier molecular flexibility index (Phi) is 3.92. The number of rotatable bonds is 2. The summed E-state index contributed by atoms with van der Waals surface area (Å²) in [6.07, 6.45) is 5.51. The minimum absolute atomic E-state index is 0.000953. The lowest BCUT2D eigenvalue weighted by molar-refractivity contribution is 0.0693. The van der Waals surface area contributed by atoms with Crippen molar-refractivity contribution in [1.29, 1.82) is 0 Å². The molecule has 1 aromatic heterocycles. The molecular formula is C21H24N4O3. The monoisotopic (exact) mass is 380 g/mol. The lowest BCUT2D eigenvalue weighted by Crippen LogP contribution is -2.45. The second kappa shape index (κ2) is 6.36. The molecule has 0 bridgehead atoms. The van der Waals surface area contributed by atoms with Crippen LogP contribution in [0.4, 0.5) is 11.6 Å². The van der Waals surface area contributed by atoms with Crippen LogP contribution in [0.3, 0.4) is 0 Å². The second-order valence-electron chi connectivity index (χ2n) is 8.18. The normalized spacial score (nSPS) is 19.8. The van der Waals surface area contributed by atoms with Crippen molar-refractivity contribution in [3.8, 4) is 0 Å². The van der Waals surface area contributed by atoms with E-state index in [1.165, 1.54) is 0 Å². The van der Waals surface area contributed by atoms with Gasteiger partial charge in [-0.3, -0.25) is 9.78 Å². The minimum atomic E-state index is -0.872. The van der Waals surface area contributed by atoms with Gasteiger partial charge in [0, 0.05) is 36.3 Å². The number of aromatic amines is 1. The molecular weight excluding hydrogens is 356 g/mol. The summed E-state index contributed by atoms with van der Waals surface area (Å²) in [7, 11) is 0. The molecule has 3 aliphatic rings. The maximum absolute atomic E-state index is 12.5. The molecule has 3 heterocycles. The Morgan fingerprint density at radius 2 is 1.96 bits per heavy atom. The fraction of sp³-hybridized carbons (Fsp3) is 0.476. The van der Waals surface area contributed by atoms with Gasteiger partial charge in [-0.05, 0) is 56.2 Å². The predicted molar refractivity (Wildman–Crippen MR) is 107 cm³/mol. The van der Waals surface area contributed by atoms with Gasteiger partial charge >= 0.3 is 5.97 Å². The van der Waals surface area contributed by atoms with Gasteiger partial charge in [0.05, 0.1) is 11.3 Å². The van der Waals surface area contributed by atoms with Crippen LogP contribution in [0.25, 0.3) is 0 Å². The number of carboxylic acid groups (broad SMARTS) is 1. The molecule has 1 aliphatic carbocycles. The van der Waals surface area contributed by atoms with Gasteiger partial charge in [-0.1, -0.05) is 6.07 Å². The Morgan fingerprint density at radius 3 is 2.75 bits per heavy atom. The highest BCUT2D eigenvalue weighted by atomic mass is 16.4. The van der Waals surface area contributed by atoms with Gasteiger partial charge in [-0.15, -0.1) is 0 Å². The standard InChI is InChI=1S/C21H24N4O3/c26-18-13-4-1-2-6-15(13)23-20(24-18)25-10-8-21(9-11-25)12-22-16-7-3-5-14(17(16)21)19(27)28/h3,5,7,22H,1-2,4,6,8-12H2,(H,27,28)(H,23,24,26). The molecule has 0 saturated carbocycles. The highest BCUT2D eigenvalue weighted by Crippen LogP contribution is 2.46. The molecule has 3 N–H and O–H groups in total. The van der Waals surface area contributed by atoms with Crippen LogP contribution in [0.5, 0.6) is 0 Å². The first-order chi connectivity index (χ1) is 13.6. The van der Waals surface area contributed by atoms with Crippen LogP contribution in [0.15, 0.2) is 23.0 Å². The minimum Gasteiger partial charge on any atom is -0.478 e. The molecule has 0 radical (unpaired) electrons. The number of anilines is 2. The maximum Gasteiger partial charge on any atom is 0.336 e. The van der Waals surface area contributed by atoms with Crippen molar-refractivity contribution in [2.45, 2.75) is 43.9 Å². The quantitative estimate of drug-likeness (QED) is 0.740. The smallest absolute Gasteiger partial charge is 0.336 e. The predicted octanol–water partition coefficient (Wildman–Crippen LogP) is 2.31. The number of fused-ring (bicyclic) bond motifs is 3. The molecule has 28 heavy (non-hydrogen) atoms. The van der Waals surface area contributed by atoms with E-state index in [2.05, 4.69) is 15.2 Å². The Balaban J connectivity index is 1.43. The Labute approximate surface area is 162 Å². The summed E-state index contributed by atoms with van der Waals surface area (Å²) in [5.41, 5.74) is 3.91. The highest BCUT2D eigenvalue weighted by molar-refractivity contribution is 5.93. The van der Waals surface area contributed by atoms with Crippen LogP contribution in [-0.2, 0) is 18.3 Å². The first kappa shape index (κ1) is 17.3. The second-order valence-corrected chi connectivity index (χ2v) is 8.18. The number of benzene rings is 1. The third-order valence-corrected chi connectivity index (χ3v) is 6.64. The van der Waals surface area contributed by atoms with E-state index in [-0.39, 0.29) is 11.0 Å². The molecule has 1 spiro atoms. The average molecular weight is 380 g/mol. The molecule has 1 saturated heterocycles. The third-order valence-electron chi connectivity index (χ3n) is 6.64. The summed E-state index contributed by atoms with van der Waals surface area (Å²) in [6, 6.07) is 5.46. The number of nitrogens with one attached hydrogen (secondary N) is 2. The molecule has 146 valence electrons. The van der Waals surface area contributed by atoms with Crippen LogP contribution >= 0.6 is 0 Å². The molecule has 7 nitrogen and oxygen atoms in total. The molecule has 0 atom stereocenters. The van der Waals surface area contributed by atoms with Crippen LogP contribution in [0.1, 0.15) is 52.9 Å². The van der Waals surface area contributed by atoms with Gasteiger partial charge in [-0.25, -0.2) is 9.78 Å². The van der Waals surface area contributed by atoms with E-state index < -0.39 is 5.97 Å². The number of carbonyl (C=O) groups is 1. The topological polar surface area (TPSA) is 98.3 Å². The number of hydrogen-bond donors (Lipinski definition) is 3. The molecule has 2 aliphatic heterocycles. The molecule has 1 aromatic carbocycles. The summed E-state index contributed by atoms with van der Waals surface area (Å²) in [6.45, 7) is 2.25. The van der Waals surface area contributed by atoms with Crippen molar-refractivity contribution in [2.75, 3.05) is 29.9 Å². The van der Waals surface area contributed by atoms with Crippen molar-refractivity contribution in [3.05, 3.63) is 50.9 Å². The van der Waals surface area contributed by atoms with Crippen molar-refractivity contribution in [1.82, 2.24) is 9.97 Å². The van der Waals surface area contributed by atoms with Crippen molar-refractivity contribution in [2.24, 2.45) is 0 Å². The van der Waals surface area contributed by atoms with E-state index in [9.17, 15) is 14.7 Å². The zero-order valence-corrected chi connectivity index (χ0v) is 15.8. The summed E-state index contributed by atoms with van der Waals surface area (Å²) in [5.74, 6) is -0.207. The Bertz CT molecular complexity index is 1010. The van der Waals surface area contributed by atoms with Gasteiger partial charge in [0.1, 0.15) is 0 Å². The molecule has 2 aromatic rings. The maximum atomic E-state index is 12.5. The van der Waals surface area contributed by atoms with Gasteiger partial charge in [-0.2, -0.15) is 0 Å². The molecule has 0 amide bonds. The van der Waals surface area contributed by atoms with Gasteiger partial charge < -0.3 is 15.3 Å². The van der Waals surface area contributed by atoms with Gasteiger partial charge in [0.15, 0.2) is 0 Å². The first-order valence-corrected chi connectivity index (χ1v) is 10.1. The van der Waals surface area contributed by atoms with E-state index >= 15 is 0 Å². The van der Waals surface area contributed by atoms with Gasteiger partial charge in [0.2, 0.25) is 5.95 Å². The van der Waals surface area contributed by atoms with Crippen molar-refractivity contribution in [3.63, 3.8) is 0 Å². The number of aromatic carboxylic acids is 1. The van der Waals surface area contributed by atoms with Crippen molar-refractivity contribution < 1.29 is 9.90 Å². The lowest BCUT2D eigenvalue weighted by Gasteiger charge is -2.40. The molecule has 5 rings (SSSR count). The summed E-state index contributed by atoms with van der Waals surface area (Å²) in [5, 5.41) is 13.1. The molecule has 1 fully saturated rings. The van der Waals surface area contributed by atoms with E-state index in [1.807, 2.05) is 6.07 Å². The number of carboxylic acids is 1. The lowest BCUT2D eigenvalue weighted by atomic mass is 9.72. The summed E-state index contributed by atoms with van der Waals surface area (Å²) >= 11 is 0. The summed E-state index contributed by atoms with van der Waals surface area (Å²) < 4.78 is 0. The van der Waals surface area contributed by atoms with Crippen LogP contribution in [0.2, 0.25) is 0 Å². The van der Waals surface area contributed by atoms with Crippen LogP contribution in [0, 0.1) is 0 Å². The molecule has 0 unspecified atom stereocenters. The number of aryl methyl sites for hydroxylation is 1. The number of aromatic nitrogens is 2. The SMILES string of the molecule is O=C(O)c1cccc2c1C1(CCN(c3nc4c(c(=O)[nH]3)CCCC4)CC1)CN2. The van der Waals surface area contributed by atoms with E-state index in [1.54, 1.807) is 12.1 Å². The number of H-pyrrole nitrogens is 1. The zero-order chi connectivity index (χ0) is 19.3. The van der Waals surface area contributed by atoms with Crippen LogP contribution < -0.4 is 15.8 Å². The number of piperidine rings is 1. The van der Waals surface area contributed by atoms with Gasteiger partial charge in [0.25, 0.3) is 5.56 Å². The first-order valence-electron chi connectivity index (χ1n) is 10.1. The Morgan fingerprint density at radius 1 is 1.18 bits per heavy atom. The number of hydrogen-bond acceptors (Lipinski definition) is 5. The van der Waals surface area contributed by atoms with E-state index in [0.717, 1.165) is 80.7 Å². The largest absolute Gasteiger partial charge is 0.478 e. The average Bonchev–Trinajstić information content (AvgIpc) is 3.07. The Hall–Kier alpha value is -2.83. The fourth-order valence-corrected chi connectivity index (χ4v) is 5.12.